The molecule has 0 aliphatic carbocycles. The number of rotatable bonds is 0. The number of fused-ring (bicyclic) bond motifs is 1. The van der Waals surface area contributed by atoms with Crippen LogP contribution in [0.3, 0.4) is 0 Å². The molecule has 3 nitrogen and oxygen atoms in total. The molecule has 2 amide bonds. The van der Waals surface area contributed by atoms with Crippen LogP contribution in [0.4, 0.5) is 0 Å². The summed E-state index contributed by atoms with van der Waals surface area (Å²) >= 11 is 0. The highest BCUT2D eigenvalue weighted by atomic mass is 36.0. The molecule has 1 aromatic rings. The third kappa shape index (κ3) is 2.41. The Labute approximate surface area is 93.8 Å². The van der Waals surface area contributed by atoms with E-state index in [1.807, 2.05) is 0 Å². The Bertz CT molecular complexity index is 337. The minimum atomic E-state index is -0.300. The fourth-order valence-electron chi connectivity index (χ4n) is 1.12. The van der Waals surface area contributed by atoms with Crippen molar-refractivity contribution < 1.29 is 9.59 Å². The van der Waals surface area contributed by atoms with Gasteiger partial charge in [0.15, 0.2) is 0 Å². The predicted molar refractivity (Wildman–Crippen MR) is 57.5 cm³/mol. The molecule has 0 atom stereocenters. The van der Waals surface area contributed by atoms with Gasteiger partial charge in [0, 0.05) is 0 Å². The van der Waals surface area contributed by atoms with E-state index in [1.54, 1.807) is 24.3 Å². The van der Waals surface area contributed by atoms with Crippen molar-refractivity contribution in [1.29, 1.82) is 0 Å². The molecule has 0 aromatic heterocycles. The van der Waals surface area contributed by atoms with Gasteiger partial charge in [-0.25, -0.2) is 0 Å². The van der Waals surface area contributed by atoms with Gasteiger partial charge >= 0.3 is 0 Å². The van der Waals surface area contributed by atoms with Gasteiger partial charge in [-0.15, -0.1) is 0 Å². The van der Waals surface area contributed by atoms with Gasteiger partial charge in [0.05, 0.1) is 21.3 Å². The Balaban J connectivity index is 0.000000293. The van der Waals surface area contributed by atoms with Crippen LogP contribution in [0.1, 0.15) is 20.7 Å². The van der Waals surface area contributed by atoms with E-state index in [1.165, 1.54) is 0 Å². The van der Waals surface area contributed by atoms with Crippen LogP contribution < -0.4 is 5.32 Å². The van der Waals surface area contributed by atoms with Crippen molar-refractivity contribution in [2.75, 3.05) is 0 Å². The number of hydrogen-bond donors (Lipinski definition) is 1. The molecule has 2 rings (SSSR count). The first-order valence-corrected chi connectivity index (χ1v) is 6.01. The number of halogens is 2. The van der Waals surface area contributed by atoms with Crippen LogP contribution in [-0.2, 0) is 0 Å². The standard InChI is InChI=1S/C8H5NO2.Cl2S/c10-7-5-3-1-2-4-6(5)8(11)9-7;1-3-2/h1-4H,(H,9,10,11);. The molecule has 0 bridgehead atoms. The molecular weight excluding hydrogens is 245 g/mol. The second-order valence-electron chi connectivity index (χ2n) is 2.39. The van der Waals surface area contributed by atoms with Crippen molar-refractivity contribution in [1.82, 2.24) is 5.32 Å². The molecule has 0 fully saturated rings. The lowest BCUT2D eigenvalue weighted by atomic mass is 10.1. The van der Waals surface area contributed by atoms with Crippen LogP contribution in [-0.4, -0.2) is 11.8 Å². The van der Waals surface area contributed by atoms with Crippen LogP contribution in [0.5, 0.6) is 0 Å². The number of carbonyl (C=O) groups is 2. The van der Waals surface area contributed by atoms with Crippen molar-refractivity contribution in [3.63, 3.8) is 0 Å². The van der Waals surface area contributed by atoms with Crippen LogP contribution in [0, 0.1) is 0 Å². The van der Waals surface area contributed by atoms with Crippen LogP contribution in [0.25, 0.3) is 0 Å². The van der Waals surface area contributed by atoms with E-state index in [-0.39, 0.29) is 11.8 Å². The average Bonchev–Trinajstić information content (AvgIpc) is 2.45. The summed E-state index contributed by atoms with van der Waals surface area (Å²) in [5.41, 5.74) is 0.940. The maximum Gasteiger partial charge on any atom is 0.258 e. The summed E-state index contributed by atoms with van der Waals surface area (Å²) < 4.78 is 0. The highest BCUT2D eigenvalue weighted by Crippen LogP contribution is 2.13. The molecule has 0 spiro atoms. The second kappa shape index (κ2) is 5.24. The van der Waals surface area contributed by atoms with Gasteiger partial charge in [0.1, 0.15) is 0 Å². The molecule has 1 aliphatic heterocycles. The SMILES string of the molecule is ClSCl.O=C1NC(=O)c2ccccc21. The number of carbonyl (C=O) groups excluding carboxylic acids is 2. The molecule has 0 unspecified atom stereocenters. The summed E-state index contributed by atoms with van der Waals surface area (Å²) in [6, 6.07) is 6.74. The molecule has 74 valence electrons. The van der Waals surface area contributed by atoms with Crippen LogP contribution in [0.2, 0.25) is 0 Å². The first kappa shape index (κ1) is 11.4. The van der Waals surface area contributed by atoms with Crippen LogP contribution >= 0.6 is 31.6 Å². The van der Waals surface area contributed by atoms with Gasteiger partial charge in [-0.05, 0) is 33.5 Å². The number of imide groups is 1. The molecule has 1 aliphatic rings. The number of benzene rings is 1. The topological polar surface area (TPSA) is 46.2 Å². The van der Waals surface area contributed by atoms with Crippen molar-refractivity contribution in [2.24, 2.45) is 0 Å². The normalized spacial score (nSPS) is 12.7. The van der Waals surface area contributed by atoms with E-state index in [4.69, 9.17) is 0 Å². The first-order valence-electron chi connectivity index (χ1n) is 3.54. The lowest BCUT2D eigenvalue weighted by molar-refractivity contribution is 0.0879. The Morgan fingerprint density at radius 2 is 1.36 bits per heavy atom. The van der Waals surface area contributed by atoms with Gasteiger partial charge in [-0.2, -0.15) is 0 Å². The summed E-state index contributed by atoms with van der Waals surface area (Å²) in [5, 5.41) is 2.20. The third-order valence-electron chi connectivity index (χ3n) is 1.64. The molecule has 1 heterocycles. The highest BCUT2D eigenvalue weighted by Gasteiger charge is 2.25. The van der Waals surface area contributed by atoms with Crippen molar-refractivity contribution in [3.8, 4) is 0 Å². The minimum Gasteiger partial charge on any atom is -0.288 e. The minimum absolute atomic E-state index is 0.300. The zero-order chi connectivity index (χ0) is 10.6. The second-order valence-corrected chi connectivity index (χ2v) is 3.90. The molecule has 14 heavy (non-hydrogen) atoms. The lowest BCUT2D eigenvalue weighted by Gasteiger charge is -1.88. The summed E-state index contributed by atoms with van der Waals surface area (Å²) in [6.07, 6.45) is 0. The van der Waals surface area contributed by atoms with Gasteiger partial charge in [0.2, 0.25) is 0 Å². The molecule has 6 heteroatoms. The van der Waals surface area contributed by atoms with Gasteiger partial charge in [-0.3, -0.25) is 14.9 Å². The smallest absolute Gasteiger partial charge is 0.258 e. The quantitative estimate of drug-likeness (QED) is 0.720. The zero-order valence-corrected chi connectivity index (χ0v) is 9.12. The van der Waals surface area contributed by atoms with E-state index >= 15 is 0 Å². The third-order valence-corrected chi connectivity index (χ3v) is 1.64. The summed E-state index contributed by atoms with van der Waals surface area (Å²) in [4.78, 5) is 21.9. The number of nitrogens with one attached hydrogen (secondary N) is 1. The Morgan fingerprint density at radius 1 is 1.00 bits per heavy atom. The monoisotopic (exact) mass is 249 g/mol. The molecule has 1 N–H and O–H groups in total. The van der Waals surface area contributed by atoms with Gasteiger partial charge < -0.3 is 0 Å². The largest absolute Gasteiger partial charge is 0.288 e. The Hall–Kier alpha value is -0.710. The van der Waals surface area contributed by atoms with E-state index in [2.05, 4.69) is 26.7 Å². The van der Waals surface area contributed by atoms with E-state index < -0.39 is 0 Å². The highest BCUT2D eigenvalue weighted by molar-refractivity contribution is 8.38. The number of amides is 2. The molecular formula is C8H5Cl2NO2S. The lowest BCUT2D eigenvalue weighted by Crippen LogP contribution is -2.19. The van der Waals surface area contributed by atoms with E-state index in [0.717, 1.165) is 0 Å². The zero-order valence-electron chi connectivity index (χ0n) is 6.79. The fraction of sp³-hybridized carbons (Fsp3) is 0. The van der Waals surface area contributed by atoms with Crippen molar-refractivity contribution >= 4 is 43.4 Å². The predicted octanol–water partition coefficient (Wildman–Crippen LogP) is 2.60. The van der Waals surface area contributed by atoms with Crippen LogP contribution in [0.15, 0.2) is 24.3 Å². The maximum absolute atomic E-state index is 10.9. The summed E-state index contributed by atoms with van der Waals surface area (Å²) in [6.45, 7) is 0. The first-order chi connectivity index (χ1) is 6.70. The summed E-state index contributed by atoms with van der Waals surface area (Å²) in [7, 11) is 10.1. The van der Waals surface area contributed by atoms with E-state index in [0.29, 0.717) is 21.3 Å². The molecule has 1 aromatic carbocycles. The van der Waals surface area contributed by atoms with Gasteiger partial charge in [-0.1, -0.05) is 12.1 Å². The number of hydrogen-bond acceptors (Lipinski definition) is 3. The molecule has 0 radical (unpaired) electrons. The fourth-order valence-corrected chi connectivity index (χ4v) is 1.12. The van der Waals surface area contributed by atoms with E-state index in [9.17, 15) is 9.59 Å². The van der Waals surface area contributed by atoms with Crippen molar-refractivity contribution in [2.45, 2.75) is 0 Å². The Kier molecular flexibility index (Phi) is 4.25. The Morgan fingerprint density at radius 3 is 1.71 bits per heavy atom. The maximum atomic E-state index is 10.9. The van der Waals surface area contributed by atoms with Gasteiger partial charge in [0.25, 0.3) is 11.8 Å². The molecule has 0 saturated carbocycles. The van der Waals surface area contributed by atoms with Crippen molar-refractivity contribution in [3.05, 3.63) is 35.4 Å². The molecule has 0 saturated heterocycles. The summed E-state index contributed by atoms with van der Waals surface area (Å²) in [5.74, 6) is -0.601. The average molecular weight is 250 g/mol.